The van der Waals surface area contributed by atoms with Gasteiger partial charge in [0.2, 0.25) is 0 Å². The number of carbonyl (C=O) groups is 1. The molecule has 1 fully saturated rings. The Labute approximate surface area is 177 Å². The molecular formula is C22H22F2N6O. The molecule has 9 heteroatoms. The molecule has 1 saturated heterocycles. The van der Waals surface area contributed by atoms with Crippen molar-refractivity contribution < 1.29 is 13.6 Å². The highest BCUT2D eigenvalue weighted by Crippen LogP contribution is 2.34. The molecule has 160 valence electrons. The lowest BCUT2D eigenvalue weighted by atomic mass is 9.84. The molecule has 0 bridgehead atoms. The molecule has 0 aromatic carbocycles. The van der Waals surface area contributed by atoms with E-state index in [1.54, 1.807) is 4.90 Å². The van der Waals surface area contributed by atoms with E-state index in [-0.39, 0.29) is 29.2 Å². The van der Waals surface area contributed by atoms with Gasteiger partial charge in [0.05, 0.1) is 11.3 Å². The van der Waals surface area contributed by atoms with Crippen LogP contribution in [-0.2, 0) is 0 Å². The second-order valence-corrected chi connectivity index (χ2v) is 8.27. The molecule has 1 amide bonds. The zero-order chi connectivity index (χ0) is 21.7. The van der Waals surface area contributed by atoms with Crippen molar-refractivity contribution in [3.05, 3.63) is 65.5 Å². The second kappa shape index (κ2) is 7.40. The van der Waals surface area contributed by atoms with Crippen LogP contribution in [0.2, 0.25) is 0 Å². The second-order valence-electron chi connectivity index (χ2n) is 8.27. The lowest BCUT2D eigenvalue weighted by molar-refractivity contribution is 0.0665. The van der Waals surface area contributed by atoms with Crippen molar-refractivity contribution in [3.63, 3.8) is 0 Å². The van der Waals surface area contributed by atoms with E-state index >= 15 is 0 Å². The first-order chi connectivity index (χ1) is 14.9. The fourth-order valence-electron chi connectivity index (χ4n) is 4.43. The molecule has 0 spiro atoms. The number of carbonyl (C=O) groups excluding carboxylic acids is 1. The van der Waals surface area contributed by atoms with Crippen LogP contribution in [0.3, 0.4) is 0 Å². The van der Waals surface area contributed by atoms with Crippen molar-refractivity contribution in [1.82, 2.24) is 28.9 Å². The van der Waals surface area contributed by atoms with Crippen LogP contribution in [-0.4, -0.2) is 47.9 Å². The first-order valence-electron chi connectivity index (χ1n) is 10.3. The molecule has 2 atom stereocenters. The Morgan fingerprint density at radius 2 is 2.06 bits per heavy atom. The lowest BCUT2D eigenvalue weighted by Crippen LogP contribution is -2.42. The van der Waals surface area contributed by atoms with Gasteiger partial charge in [0.15, 0.2) is 0 Å². The highest BCUT2D eigenvalue weighted by Gasteiger charge is 2.33. The summed E-state index contributed by atoms with van der Waals surface area (Å²) in [6.45, 7) is 5.13. The summed E-state index contributed by atoms with van der Waals surface area (Å²) in [5.41, 5.74) is 3.05. The van der Waals surface area contributed by atoms with Crippen molar-refractivity contribution >= 4 is 17.2 Å². The number of piperidine rings is 1. The number of aryl methyl sites for hydroxylation is 1. The average Bonchev–Trinajstić information content (AvgIpc) is 3.37. The number of aromatic nitrogens is 5. The van der Waals surface area contributed by atoms with Crippen LogP contribution >= 0.6 is 0 Å². The monoisotopic (exact) mass is 424 g/mol. The molecule has 0 N–H and O–H groups in total. The Bertz CT molecular complexity index is 1280. The largest absolute Gasteiger partial charge is 0.338 e. The summed E-state index contributed by atoms with van der Waals surface area (Å²) in [4.78, 5) is 23.0. The van der Waals surface area contributed by atoms with E-state index in [2.05, 4.69) is 28.1 Å². The fraction of sp³-hybridized carbons (Fsp3) is 0.364. The highest BCUT2D eigenvalue weighted by atomic mass is 19.3. The zero-order valence-electron chi connectivity index (χ0n) is 17.2. The van der Waals surface area contributed by atoms with Gasteiger partial charge in [0.25, 0.3) is 18.1 Å². The molecule has 1 aliphatic rings. The number of pyridine rings is 1. The summed E-state index contributed by atoms with van der Waals surface area (Å²) < 4.78 is 30.3. The summed E-state index contributed by atoms with van der Waals surface area (Å²) in [6, 6.07) is 7.22. The summed E-state index contributed by atoms with van der Waals surface area (Å²) in [5.74, 6) is 0.124. The predicted molar refractivity (Wildman–Crippen MR) is 110 cm³/mol. The van der Waals surface area contributed by atoms with Gasteiger partial charge >= 0.3 is 0 Å². The molecule has 4 aromatic rings. The first-order valence-corrected chi connectivity index (χ1v) is 10.3. The van der Waals surface area contributed by atoms with Gasteiger partial charge in [-0.25, -0.2) is 18.3 Å². The highest BCUT2D eigenvalue weighted by molar-refractivity contribution is 5.94. The van der Waals surface area contributed by atoms with E-state index in [9.17, 15) is 13.6 Å². The Balaban J connectivity index is 1.48. The summed E-state index contributed by atoms with van der Waals surface area (Å²) >= 11 is 0. The third-order valence-electron chi connectivity index (χ3n) is 6.12. The number of nitrogens with zero attached hydrogens (tertiary/aromatic N) is 6. The summed E-state index contributed by atoms with van der Waals surface area (Å²) in [7, 11) is 0. The first kappa shape index (κ1) is 19.6. The van der Waals surface area contributed by atoms with Crippen LogP contribution in [0.15, 0.2) is 43.0 Å². The minimum Gasteiger partial charge on any atom is -0.338 e. The maximum atomic E-state index is 13.4. The number of rotatable bonds is 3. The molecule has 5 heterocycles. The molecule has 0 unspecified atom stereocenters. The Kier molecular flexibility index (Phi) is 4.68. The quantitative estimate of drug-likeness (QED) is 0.500. The summed E-state index contributed by atoms with van der Waals surface area (Å²) in [6.07, 6.45) is 3.20. The van der Waals surface area contributed by atoms with Crippen LogP contribution in [0.4, 0.5) is 8.78 Å². The molecule has 0 radical (unpaired) electrons. The molecule has 0 saturated carbocycles. The molecule has 7 nitrogen and oxygen atoms in total. The fourth-order valence-corrected chi connectivity index (χ4v) is 4.43. The van der Waals surface area contributed by atoms with E-state index < -0.39 is 6.43 Å². The van der Waals surface area contributed by atoms with Gasteiger partial charge < -0.3 is 9.30 Å². The SMILES string of the molecule is Cc1cc2ccc(C(=O)N3CC[C@@H](C)[C@H](c4cc(C(F)F)nc5ncnn45)C3)cn2c1. The Hall–Kier alpha value is -3.36. The number of likely N-dealkylation sites (tertiary alicyclic amines) is 1. The Morgan fingerprint density at radius 1 is 1.23 bits per heavy atom. The van der Waals surface area contributed by atoms with Gasteiger partial charge in [-0.05, 0) is 49.1 Å². The minimum absolute atomic E-state index is 0.0665. The molecule has 5 rings (SSSR count). The maximum Gasteiger partial charge on any atom is 0.280 e. The Morgan fingerprint density at radius 3 is 2.87 bits per heavy atom. The molecule has 0 aliphatic carbocycles. The number of hydrogen-bond donors (Lipinski definition) is 0. The predicted octanol–water partition coefficient (Wildman–Crippen LogP) is 3.89. The molecule has 4 aromatic heterocycles. The van der Waals surface area contributed by atoms with Crippen LogP contribution < -0.4 is 0 Å². The van der Waals surface area contributed by atoms with Gasteiger partial charge in [-0.1, -0.05) is 6.92 Å². The topological polar surface area (TPSA) is 67.8 Å². The van der Waals surface area contributed by atoms with Crippen molar-refractivity contribution in [2.75, 3.05) is 13.1 Å². The van der Waals surface area contributed by atoms with Crippen molar-refractivity contribution in [1.29, 1.82) is 0 Å². The van der Waals surface area contributed by atoms with E-state index in [0.29, 0.717) is 24.3 Å². The number of halogens is 2. The smallest absolute Gasteiger partial charge is 0.280 e. The average molecular weight is 424 g/mol. The molecular weight excluding hydrogens is 402 g/mol. The third-order valence-corrected chi connectivity index (χ3v) is 6.12. The number of amides is 1. The maximum absolute atomic E-state index is 13.4. The van der Waals surface area contributed by atoms with Gasteiger partial charge in [-0.15, -0.1) is 0 Å². The number of hydrogen-bond acceptors (Lipinski definition) is 4. The van der Waals surface area contributed by atoms with Crippen molar-refractivity contribution in [2.45, 2.75) is 32.6 Å². The normalized spacial score (nSPS) is 19.6. The number of fused-ring (bicyclic) bond motifs is 2. The van der Waals surface area contributed by atoms with Gasteiger partial charge in [-0.3, -0.25) is 4.79 Å². The zero-order valence-corrected chi connectivity index (χ0v) is 17.2. The molecule has 1 aliphatic heterocycles. The lowest BCUT2D eigenvalue weighted by Gasteiger charge is -2.37. The van der Waals surface area contributed by atoms with Gasteiger partial charge in [-0.2, -0.15) is 10.1 Å². The third kappa shape index (κ3) is 3.43. The van der Waals surface area contributed by atoms with Gasteiger partial charge in [0.1, 0.15) is 12.0 Å². The van der Waals surface area contributed by atoms with E-state index in [0.717, 1.165) is 17.5 Å². The van der Waals surface area contributed by atoms with Crippen LogP contribution in [0.5, 0.6) is 0 Å². The van der Waals surface area contributed by atoms with Crippen LogP contribution in [0.25, 0.3) is 11.3 Å². The van der Waals surface area contributed by atoms with Crippen LogP contribution in [0.1, 0.15) is 53.0 Å². The standard InChI is InChI=1S/C22H22F2N6O/c1-13-7-16-4-3-15(10-29(16)9-13)21(31)28-6-5-14(2)17(11-28)19-8-18(20(23)24)27-22-25-12-26-30(19)22/h3-4,7-10,12,14,17,20H,5-6,11H2,1-2H3/t14-,17-/m1/s1. The van der Waals surface area contributed by atoms with Crippen molar-refractivity contribution in [3.8, 4) is 0 Å². The van der Waals surface area contributed by atoms with Gasteiger partial charge in [0, 0.05) is 36.9 Å². The minimum atomic E-state index is -2.70. The van der Waals surface area contributed by atoms with E-state index in [4.69, 9.17) is 0 Å². The van der Waals surface area contributed by atoms with E-state index in [1.165, 1.54) is 16.9 Å². The van der Waals surface area contributed by atoms with E-state index in [1.807, 2.05) is 35.9 Å². The molecule has 31 heavy (non-hydrogen) atoms. The summed E-state index contributed by atoms with van der Waals surface area (Å²) in [5, 5.41) is 4.18. The van der Waals surface area contributed by atoms with Crippen molar-refractivity contribution in [2.24, 2.45) is 5.92 Å². The number of alkyl halides is 2. The van der Waals surface area contributed by atoms with Crippen LogP contribution in [0, 0.1) is 12.8 Å².